The van der Waals surface area contributed by atoms with Crippen molar-refractivity contribution < 1.29 is 142 Å². The number of likely N-dealkylation sites (tertiary alicyclic amines) is 4. The Balaban J connectivity index is 1.51. The van der Waals surface area contributed by atoms with Gasteiger partial charge in [-0.1, -0.05) is 0 Å². The topological polar surface area (TPSA) is 647 Å². The molecule has 0 saturated carbocycles. The molecule has 41 heteroatoms. The predicted molar refractivity (Wildman–Crippen MR) is 296 cm³/mol. The van der Waals surface area contributed by atoms with E-state index in [0.29, 0.717) is 4.90 Å². The number of nitrogens with two attached hydrogens (primary N) is 1. The first kappa shape index (κ1) is 74.8. The van der Waals surface area contributed by atoms with E-state index in [1.54, 1.807) is 0 Å². The van der Waals surface area contributed by atoms with Gasteiger partial charge < -0.3 is 109 Å². The number of hydrogen-bond donors (Lipinski definition) is 17. The van der Waals surface area contributed by atoms with E-state index < -0.39 is 249 Å². The number of nitrogens with one attached hydrogen (secondary N) is 7. The Kier molecular flexibility index (Phi) is 27.3. The zero-order valence-corrected chi connectivity index (χ0v) is 49.1. The average molecular weight is 1330 g/mol. The highest BCUT2D eigenvalue weighted by Gasteiger charge is 2.46. The highest BCUT2D eigenvalue weighted by molar-refractivity contribution is 6.02. The lowest BCUT2D eigenvalue weighted by Crippen LogP contribution is -2.61. The molecule has 0 aromatic heterocycles. The molecule has 11 amide bonds. The van der Waals surface area contributed by atoms with E-state index in [9.17, 15) is 137 Å². The maximum Gasteiger partial charge on any atom is 0.326 e. The first-order chi connectivity index (χ1) is 43.5. The Morgan fingerprint density at radius 3 is 0.720 bits per heavy atom. The van der Waals surface area contributed by atoms with Gasteiger partial charge in [-0.25, -0.2) is 4.79 Å². The van der Waals surface area contributed by atoms with E-state index in [1.807, 2.05) is 21.3 Å². The van der Waals surface area contributed by atoms with Gasteiger partial charge in [0.05, 0.1) is 57.4 Å². The van der Waals surface area contributed by atoms with Crippen LogP contribution < -0.4 is 43.0 Å². The van der Waals surface area contributed by atoms with Crippen molar-refractivity contribution in [2.45, 2.75) is 175 Å². The third kappa shape index (κ3) is 21.8. The molecule has 4 heterocycles. The van der Waals surface area contributed by atoms with Gasteiger partial charge in [0.15, 0.2) is 0 Å². The Morgan fingerprint density at radius 1 is 0.290 bits per heavy atom. The minimum atomic E-state index is -2.23. The standard InChI is InChI=1S/C52H70N12O29/c53-21(13-33(65)66)41(81)57-25(17-37(73)74)48(88)61-9-1-5-29(61)45(85)54-22(14-34(67)68)42(82)58-26(18-38(75)76)49(89)62-10-2-6-30(62)46(86)55-23(15-35(69)70)43(83)59-27(19-39(77)78)50(90)63-11-3-7-31(63)47(87)56-24(16-36(71)72)44(84)60-28(20-40(79)80)51(91)64-12-4-8-32(64)52(92)93/h21-32H,1-20,53H2,(H,54,85)(H,55,86)(H,56,87)(H,57,81)(H,58,82)(H,59,83)(H,60,84)(H,65,66)(H,67,68)(H,69,70)(H,71,72)(H,73,74)(H,75,76)(H,77,78)(H,79,80)(H,92,93)/t21-,22-,23-,24-,25-,26-,27-,28-,29-,30-,31-,32-/m0/s1. The Hall–Kier alpha value is -10.6. The summed E-state index contributed by atoms with van der Waals surface area (Å²) in [6, 6.07) is -22.9. The minimum Gasteiger partial charge on any atom is -0.481 e. The molecule has 18 N–H and O–H groups in total. The van der Waals surface area contributed by atoms with Crippen LogP contribution in [0.4, 0.5) is 0 Å². The smallest absolute Gasteiger partial charge is 0.326 e. The molecule has 0 bridgehead atoms. The average Bonchev–Trinajstić information content (AvgIpc) is 1.83. The zero-order valence-electron chi connectivity index (χ0n) is 49.1. The van der Waals surface area contributed by atoms with Crippen LogP contribution in [0.15, 0.2) is 0 Å². The molecule has 0 aromatic carbocycles. The summed E-state index contributed by atoms with van der Waals surface area (Å²) in [6.07, 6.45) is -10.1. The number of nitrogens with zero attached hydrogens (tertiary/aromatic N) is 4. The number of carboxylic acid groups (broad SMARTS) is 9. The molecule has 4 saturated heterocycles. The first-order valence-corrected chi connectivity index (χ1v) is 28.6. The van der Waals surface area contributed by atoms with Crippen molar-refractivity contribution in [3.63, 3.8) is 0 Å². The molecule has 4 aliphatic rings. The number of rotatable bonds is 35. The summed E-state index contributed by atoms with van der Waals surface area (Å²) < 4.78 is 0. The summed E-state index contributed by atoms with van der Waals surface area (Å²) in [5.74, 6) is -29.7. The van der Waals surface area contributed by atoms with Crippen molar-refractivity contribution in [2.75, 3.05) is 26.2 Å². The van der Waals surface area contributed by atoms with Crippen molar-refractivity contribution >= 4 is 119 Å². The molecule has 41 nitrogen and oxygen atoms in total. The Labute approximate surface area is 523 Å². The van der Waals surface area contributed by atoms with Crippen LogP contribution in [0.5, 0.6) is 0 Å². The van der Waals surface area contributed by atoms with Crippen LogP contribution in [0.25, 0.3) is 0 Å². The van der Waals surface area contributed by atoms with Crippen LogP contribution in [0, 0.1) is 0 Å². The first-order valence-electron chi connectivity index (χ1n) is 28.6. The molecule has 0 aliphatic carbocycles. The summed E-state index contributed by atoms with van der Waals surface area (Å²) in [4.78, 5) is 260. The molecular weight excluding hydrogens is 1260 g/mol. The maximum absolute atomic E-state index is 14.2. The predicted octanol–water partition coefficient (Wildman–Crippen LogP) is -8.45. The lowest BCUT2D eigenvalue weighted by molar-refractivity contribution is -0.151. The Bertz CT molecular complexity index is 3010. The lowest BCUT2D eigenvalue weighted by atomic mass is 10.1. The van der Waals surface area contributed by atoms with Crippen molar-refractivity contribution in [2.24, 2.45) is 5.73 Å². The molecule has 0 aromatic rings. The number of hydrogen-bond acceptors (Lipinski definition) is 21. The van der Waals surface area contributed by atoms with Gasteiger partial charge in [0.25, 0.3) is 0 Å². The van der Waals surface area contributed by atoms with Gasteiger partial charge in [-0.15, -0.1) is 0 Å². The summed E-state index contributed by atoms with van der Waals surface area (Å²) in [6.45, 7) is -1.18. The van der Waals surface area contributed by atoms with Crippen LogP contribution >= 0.6 is 0 Å². The molecule has 512 valence electrons. The molecule has 0 spiro atoms. The molecule has 0 unspecified atom stereocenters. The molecule has 93 heavy (non-hydrogen) atoms. The van der Waals surface area contributed by atoms with Gasteiger partial charge in [0, 0.05) is 26.2 Å². The normalized spacial score (nSPS) is 20.1. The lowest BCUT2D eigenvalue weighted by Gasteiger charge is -2.31. The highest BCUT2D eigenvalue weighted by Crippen LogP contribution is 2.25. The summed E-state index contributed by atoms with van der Waals surface area (Å²) in [5.41, 5.74) is 5.55. The fourth-order valence-electron chi connectivity index (χ4n) is 10.8. The van der Waals surface area contributed by atoms with Crippen LogP contribution in [-0.2, 0) is 95.9 Å². The number of carboxylic acids is 9. The van der Waals surface area contributed by atoms with Gasteiger partial charge >= 0.3 is 53.7 Å². The number of amides is 11. The van der Waals surface area contributed by atoms with Crippen molar-refractivity contribution in [3.05, 3.63) is 0 Å². The zero-order chi connectivity index (χ0) is 69.9. The van der Waals surface area contributed by atoms with Gasteiger partial charge in [-0.3, -0.25) is 91.1 Å². The minimum absolute atomic E-state index is 0.0157. The largest absolute Gasteiger partial charge is 0.481 e. The van der Waals surface area contributed by atoms with Crippen LogP contribution in [0.2, 0.25) is 0 Å². The third-order valence-electron chi connectivity index (χ3n) is 15.1. The fourth-order valence-corrected chi connectivity index (χ4v) is 10.8. The molecular formula is C52H70N12O29. The third-order valence-corrected chi connectivity index (χ3v) is 15.1. The molecule has 4 rings (SSSR count). The van der Waals surface area contributed by atoms with Gasteiger partial charge in [-0.05, 0) is 51.4 Å². The fraction of sp³-hybridized carbons (Fsp3) is 0.615. The van der Waals surface area contributed by atoms with Crippen LogP contribution in [0.3, 0.4) is 0 Å². The number of carbonyl (C=O) groups is 20. The molecule has 0 radical (unpaired) electrons. The van der Waals surface area contributed by atoms with Gasteiger partial charge in [0.2, 0.25) is 65.0 Å². The summed E-state index contributed by atoms with van der Waals surface area (Å²) in [7, 11) is 0. The highest BCUT2D eigenvalue weighted by atomic mass is 16.4. The van der Waals surface area contributed by atoms with Crippen molar-refractivity contribution in [1.29, 1.82) is 0 Å². The van der Waals surface area contributed by atoms with Crippen molar-refractivity contribution in [3.8, 4) is 0 Å². The monoisotopic (exact) mass is 1330 g/mol. The number of aliphatic carboxylic acids is 9. The summed E-state index contributed by atoms with van der Waals surface area (Å²) in [5, 5.41) is 101. The molecule has 4 aliphatic heterocycles. The molecule has 12 atom stereocenters. The van der Waals surface area contributed by atoms with E-state index in [2.05, 4.69) is 16.0 Å². The van der Waals surface area contributed by atoms with E-state index in [-0.39, 0.29) is 71.0 Å². The van der Waals surface area contributed by atoms with E-state index >= 15 is 0 Å². The summed E-state index contributed by atoms with van der Waals surface area (Å²) >= 11 is 0. The number of carbonyl (C=O) groups excluding carboxylic acids is 11. The van der Waals surface area contributed by atoms with Gasteiger partial charge in [0.1, 0.15) is 66.5 Å². The van der Waals surface area contributed by atoms with Gasteiger partial charge in [-0.2, -0.15) is 0 Å². The van der Waals surface area contributed by atoms with E-state index in [4.69, 9.17) is 10.8 Å². The second kappa shape index (κ2) is 34.0. The quantitative estimate of drug-likeness (QED) is 0.0280. The van der Waals surface area contributed by atoms with Crippen molar-refractivity contribution in [1.82, 2.24) is 56.8 Å². The Morgan fingerprint density at radius 2 is 0.495 bits per heavy atom. The second-order valence-electron chi connectivity index (χ2n) is 21.9. The van der Waals surface area contributed by atoms with Crippen LogP contribution in [0.1, 0.15) is 103 Å². The van der Waals surface area contributed by atoms with E-state index in [1.165, 1.54) is 0 Å². The maximum atomic E-state index is 14.2. The van der Waals surface area contributed by atoms with Crippen LogP contribution in [-0.4, -0.2) is 283 Å². The second-order valence-corrected chi connectivity index (χ2v) is 21.9. The van der Waals surface area contributed by atoms with E-state index in [0.717, 1.165) is 14.7 Å². The SMILES string of the molecule is N[C@@H](CC(=O)O)C(=O)N[C@@H](CC(=O)O)C(=O)N1CCC[C@H]1C(=O)N[C@@H](CC(=O)O)C(=O)N[C@@H](CC(=O)O)C(=O)N1CCC[C@H]1C(=O)N[C@@H](CC(=O)O)C(=O)N[C@@H](CC(=O)O)C(=O)N1CCC[C@H]1C(=O)N[C@@H](CC(=O)O)C(=O)N[C@@H](CC(=O)O)C(=O)N1CCC[C@H]1C(=O)O. The molecule has 4 fully saturated rings.